The van der Waals surface area contributed by atoms with Crippen LogP contribution >= 0.6 is 11.8 Å². The van der Waals surface area contributed by atoms with Gasteiger partial charge >= 0.3 is 12.3 Å². The summed E-state index contributed by atoms with van der Waals surface area (Å²) in [5.74, 6) is 0. The Bertz CT molecular complexity index is 775. The van der Waals surface area contributed by atoms with Crippen molar-refractivity contribution in [3.8, 4) is 0 Å². The third kappa shape index (κ3) is 4.52. The van der Waals surface area contributed by atoms with Gasteiger partial charge < -0.3 is 19.7 Å². The molecule has 2 aliphatic heterocycles. The normalized spacial score (nSPS) is 29.0. The van der Waals surface area contributed by atoms with E-state index in [-0.39, 0.29) is 18.2 Å². The van der Waals surface area contributed by atoms with Crippen LogP contribution in [0.15, 0.2) is 35.3 Å². The number of thioether (sulfide) groups is 1. The number of amidine groups is 1. The van der Waals surface area contributed by atoms with Crippen molar-refractivity contribution in [3.05, 3.63) is 35.9 Å². The molecule has 29 heavy (non-hydrogen) atoms. The molecule has 2 N–H and O–H groups in total. The molecule has 1 unspecified atom stereocenters. The van der Waals surface area contributed by atoms with Gasteiger partial charge in [-0.25, -0.2) is 4.79 Å². The molecule has 1 fully saturated rings. The number of aliphatic imine (C=N–C) groups is 1. The fourth-order valence-corrected chi connectivity index (χ4v) is 4.27. The van der Waals surface area contributed by atoms with E-state index >= 15 is 0 Å². The number of ether oxygens (including phenoxy) is 2. The summed E-state index contributed by atoms with van der Waals surface area (Å²) >= 11 is 0.917. The summed E-state index contributed by atoms with van der Waals surface area (Å²) in [6.07, 6.45) is -8.91. The third-order valence-electron chi connectivity index (χ3n) is 4.91. The zero-order valence-electron chi connectivity index (χ0n) is 15.7. The molecule has 3 rings (SSSR count). The van der Waals surface area contributed by atoms with E-state index in [0.717, 1.165) is 22.2 Å². The van der Waals surface area contributed by atoms with Gasteiger partial charge in [-0.05, 0) is 12.5 Å². The highest BCUT2D eigenvalue weighted by molar-refractivity contribution is 8.14. The largest absolute Gasteiger partial charge is 0.465 e. The lowest BCUT2D eigenvalue weighted by Gasteiger charge is -2.44. The molecule has 0 saturated carbocycles. The quantitative estimate of drug-likeness (QED) is 0.757. The van der Waals surface area contributed by atoms with Crippen LogP contribution in [-0.2, 0) is 16.1 Å². The van der Waals surface area contributed by atoms with Crippen LogP contribution < -0.4 is 0 Å². The molecule has 1 aromatic rings. The maximum Gasteiger partial charge on any atom is 0.419 e. The lowest BCUT2D eigenvalue weighted by atomic mass is 9.88. The molecule has 2 aliphatic rings. The van der Waals surface area contributed by atoms with Crippen LogP contribution in [0.25, 0.3) is 0 Å². The summed E-state index contributed by atoms with van der Waals surface area (Å²) in [7, 11) is 1.29. The highest BCUT2D eigenvalue weighted by atomic mass is 32.2. The Balaban J connectivity index is 1.82. The number of halogens is 3. The average molecular weight is 434 g/mol. The van der Waals surface area contributed by atoms with Crippen LogP contribution in [0.5, 0.6) is 0 Å². The van der Waals surface area contributed by atoms with Crippen molar-refractivity contribution in [3.63, 3.8) is 0 Å². The molecule has 1 amide bonds. The van der Waals surface area contributed by atoms with Crippen molar-refractivity contribution < 1.29 is 37.7 Å². The van der Waals surface area contributed by atoms with E-state index in [1.165, 1.54) is 7.05 Å². The Morgan fingerprint density at radius 1 is 1.38 bits per heavy atom. The minimum atomic E-state index is -4.94. The minimum Gasteiger partial charge on any atom is -0.465 e. The maximum absolute atomic E-state index is 13.5. The number of carbonyl (C=O) groups is 1. The highest BCUT2D eigenvalue weighted by Crippen LogP contribution is 2.44. The van der Waals surface area contributed by atoms with Gasteiger partial charge in [-0.15, -0.1) is 0 Å². The number of rotatable bonds is 4. The highest BCUT2D eigenvalue weighted by Gasteiger charge is 2.61. The van der Waals surface area contributed by atoms with Crippen molar-refractivity contribution >= 4 is 23.0 Å². The van der Waals surface area contributed by atoms with Crippen LogP contribution in [0.2, 0.25) is 0 Å². The van der Waals surface area contributed by atoms with Gasteiger partial charge in [0, 0.05) is 13.5 Å². The lowest BCUT2D eigenvalue weighted by Crippen LogP contribution is -2.62. The first-order chi connectivity index (χ1) is 13.5. The zero-order chi connectivity index (χ0) is 21.4. The van der Waals surface area contributed by atoms with Crippen LogP contribution in [0.4, 0.5) is 18.0 Å². The Hall–Kier alpha value is -1.82. The molecule has 0 bridgehead atoms. The van der Waals surface area contributed by atoms with Gasteiger partial charge in [-0.1, -0.05) is 42.1 Å². The molecule has 5 atom stereocenters. The Morgan fingerprint density at radius 2 is 2.03 bits per heavy atom. The standard InChI is InChI=1S/C18H21F3N2O5S/c1-17(26,18(19,20)21)13-12(27-9-10-6-4-3-5-7-10)8-11-14(28-13)29-15(22-11)23(2)16(24)25/h3-7,11-14,26H,8-9H2,1-2H3,(H,24,25)/t11-,12+,13+,14-,17?/m1/s1. The molecule has 0 spiro atoms. The smallest absolute Gasteiger partial charge is 0.419 e. The number of alkyl halides is 3. The molecule has 1 saturated heterocycles. The van der Waals surface area contributed by atoms with Crippen LogP contribution in [0.3, 0.4) is 0 Å². The summed E-state index contributed by atoms with van der Waals surface area (Å²) in [6.45, 7) is 0.692. The number of fused-ring (bicyclic) bond motifs is 1. The molecule has 7 nitrogen and oxygen atoms in total. The van der Waals surface area contributed by atoms with E-state index in [0.29, 0.717) is 6.92 Å². The van der Waals surface area contributed by atoms with Crippen molar-refractivity contribution in [1.29, 1.82) is 0 Å². The van der Waals surface area contributed by atoms with Crippen molar-refractivity contribution in [2.24, 2.45) is 4.99 Å². The Labute approximate surface area is 169 Å². The second-order valence-electron chi connectivity index (χ2n) is 7.08. The van der Waals surface area contributed by atoms with E-state index in [2.05, 4.69) is 4.99 Å². The van der Waals surface area contributed by atoms with Crippen LogP contribution in [-0.4, -0.2) is 68.9 Å². The number of carboxylic acid groups (broad SMARTS) is 1. The zero-order valence-corrected chi connectivity index (χ0v) is 16.5. The molecule has 0 aliphatic carbocycles. The van der Waals surface area contributed by atoms with Gasteiger partial charge in [0.05, 0.1) is 18.8 Å². The monoisotopic (exact) mass is 434 g/mol. The summed E-state index contributed by atoms with van der Waals surface area (Å²) in [5.41, 5.74) is -3.24. The van der Waals surface area contributed by atoms with Crippen molar-refractivity contribution in [2.75, 3.05) is 7.05 Å². The fourth-order valence-electron chi connectivity index (χ4n) is 3.13. The van der Waals surface area contributed by atoms with Crippen molar-refractivity contribution in [1.82, 2.24) is 4.90 Å². The van der Waals surface area contributed by atoms with Crippen molar-refractivity contribution in [2.45, 2.75) is 55.4 Å². The number of benzene rings is 1. The molecule has 0 aromatic heterocycles. The molecule has 0 radical (unpaired) electrons. The maximum atomic E-state index is 13.5. The van der Waals surface area contributed by atoms with E-state index in [4.69, 9.17) is 14.6 Å². The first kappa shape index (κ1) is 21.9. The number of hydrogen-bond donors (Lipinski definition) is 2. The van der Waals surface area contributed by atoms with Gasteiger partial charge in [0.25, 0.3) is 0 Å². The fraction of sp³-hybridized carbons (Fsp3) is 0.556. The Kier molecular flexibility index (Phi) is 6.13. The summed E-state index contributed by atoms with van der Waals surface area (Å²) in [4.78, 5) is 16.3. The summed E-state index contributed by atoms with van der Waals surface area (Å²) < 4.78 is 51.8. The second kappa shape index (κ2) is 8.13. The van der Waals surface area contributed by atoms with Crippen LogP contribution in [0, 0.1) is 0 Å². The Morgan fingerprint density at radius 3 is 2.62 bits per heavy atom. The molecule has 1 aromatic carbocycles. The van der Waals surface area contributed by atoms with Gasteiger partial charge in [0.2, 0.25) is 0 Å². The van der Waals surface area contributed by atoms with E-state index < -0.39 is 41.6 Å². The lowest BCUT2D eigenvalue weighted by molar-refractivity contribution is -0.313. The number of amides is 1. The SMILES string of the molecule is CN(C(=O)O)C1=N[C@@H]2C[C@H](OCc3ccccc3)[C@@H](C(C)(O)C(F)(F)F)O[C@@H]2S1. The van der Waals surface area contributed by atoms with E-state index in [1.807, 2.05) is 0 Å². The van der Waals surface area contributed by atoms with Gasteiger partial charge in [-0.3, -0.25) is 9.89 Å². The first-order valence-electron chi connectivity index (χ1n) is 8.82. The minimum absolute atomic E-state index is 0.0371. The average Bonchev–Trinajstić information content (AvgIpc) is 3.07. The number of nitrogens with zero attached hydrogens (tertiary/aromatic N) is 2. The van der Waals surface area contributed by atoms with Crippen LogP contribution in [0.1, 0.15) is 18.9 Å². The number of hydrogen-bond acceptors (Lipinski definition) is 6. The topological polar surface area (TPSA) is 91.6 Å². The van der Waals surface area contributed by atoms with E-state index in [9.17, 15) is 23.1 Å². The summed E-state index contributed by atoms with van der Waals surface area (Å²) in [6, 6.07) is 8.32. The predicted molar refractivity (Wildman–Crippen MR) is 99.6 cm³/mol. The molecule has 11 heteroatoms. The molecule has 2 heterocycles. The van der Waals surface area contributed by atoms with Gasteiger partial charge in [0.15, 0.2) is 10.8 Å². The van der Waals surface area contributed by atoms with E-state index in [1.54, 1.807) is 30.3 Å². The van der Waals surface area contributed by atoms with Gasteiger partial charge in [0.1, 0.15) is 11.5 Å². The van der Waals surface area contributed by atoms with Gasteiger partial charge in [-0.2, -0.15) is 13.2 Å². The first-order valence-corrected chi connectivity index (χ1v) is 9.70. The molecular formula is C18H21F3N2O5S. The second-order valence-corrected chi connectivity index (χ2v) is 8.15. The predicted octanol–water partition coefficient (Wildman–Crippen LogP) is 3.08. The molecular weight excluding hydrogens is 413 g/mol. The number of aliphatic hydroxyl groups is 1. The molecule has 160 valence electrons. The third-order valence-corrected chi connectivity index (χ3v) is 6.16. The summed E-state index contributed by atoms with van der Waals surface area (Å²) in [5, 5.41) is 19.5.